The van der Waals surface area contributed by atoms with Crippen LogP contribution in [0.2, 0.25) is 0 Å². The number of phenols is 1. The van der Waals surface area contributed by atoms with Crippen LogP contribution < -0.4 is 0 Å². The first-order valence-corrected chi connectivity index (χ1v) is 3.24. The van der Waals surface area contributed by atoms with E-state index in [4.69, 9.17) is 10.2 Å². The van der Waals surface area contributed by atoms with Crippen LogP contribution in [0.5, 0.6) is 5.75 Å². The van der Waals surface area contributed by atoms with Crippen LogP contribution in [-0.2, 0) is 6.61 Å². The first-order chi connectivity index (χ1) is 5.15. The number of aromatic hydroxyl groups is 1. The molecule has 0 heterocycles. The van der Waals surface area contributed by atoms with Gasteiger partial charge in [-0.1, -0.05) is 0 Å². The fraction of sp³-hybridized carbons (Fsp3) is 0.250. The summed E-state index contributed by atoms with van der Waals surface area (Å²) in [5, 5.41) is 17.7. The van der Waals surface area contributed by atoms with Crippen molar-refractivity contribution in [2.24, 2.45) is 0 Å². The van der Waals surface area contributed by atoms with Crippen LogP contribution in [0.3, 0.4) is 0 Å². The molecule has 0 radical (unpaired) electrons. The molecule has 1 rings (SSSR count). The third-order valence-corrected chi connectivity index (χ3v) is 1.56. The van der Waals surface area contributed by atoms with Crippen molar-refractivity contribution in [3.63, 3.8) is 0 Å². The first kappa shape index (κ1) is 8.01. The number of halogens is 1. The van der Waals surface area contributed by atoms with Crippen LogP contribution in [0, 0.1) is 12.7 Å². The zero-order valence-electron chi connectivity index (χ0n) is 6.13. The summed E-state index contributed by atoms with van der Waals surface area (Å²) >= 11 is 0. The van der Waals surface area contributed by atoms with Crippen LogP contribution in [0.15, 0.2) is 12.1 Å². The second kappa shape index (κ2) is 2.88. The summed E-state index contributed by atoms with van der Waals surface area (Å²) in [6.07, 6.45) is 0. The lowest BCUT2D eigenvalue weighted by Gasteiger charge is -2.02. The van der Waals surface area contributed by atoms with Gasteiger partial charge < -0.3 is 10.2 Å². The minimum Gasteiger partial charge on any atom is -0.508 e. The topological polar surface area (TPSA) is 40.5 Å². The third-order valence-electron chi connectivity index (χ3n) is 1.56. The van der Waals surface area contributed by atoms with Gasteiger partial charge in [0.1, 0.15) is 11.6 Å². The molecule has 0 fully saturated rings. The number of rotatable bonds is 1. The van der Waals surface area contributed by atoms with Crippen LogP contribution in [0.4, 0.5) is 4.39 Å². The maximum absolute atomic E-state index is 12.8. The van der Waals surface area contributed by atoms with Crippen molar-refractivity contribution in [1.29, 1.82) is 0 Å². The van der Waals surface area contributed by atoms with E-state index in [1.807, 2.05) is 0 Å². The summed E-state index contributed by atoms with van der Waals surface area (Å²) in [5.74, 6) is -0.608. The van der Waals surface area contributed by atoms with Gasteiger partial charge in [0.2, 0.25) is 0 Å². The Labute approximate surface area is 63.9 Å². The second-order valence-corrected chi connectivity index (χ2v) is 2.38. The van der Waals surface area contributed by atoms with Crippen LogP contribution in [-0.4, -0.2) is 10.2 Å². The van der Waals surface area contributed by atoms with Gasteiger partial charge >= 0.3 is 0 Å². The van der Waals surface area contributed by atoms with Crippen molar-refractivity contribution in [2.75, 3.05) is 0 Å². The van der Waals surface area contributed by atoms with Crippen molar-refractivity contribution in [3.05, 3.63) is 29.1 Å². The zero-order chi connectivity index (χ0) is 8.43. The maximum Gasteiger partial charge on any atom is 0.130 e. The smallest absolute Gasteiger partial charge is 0.130 e. The van der Waals surface area contributed by atoms with Gasteiger partial charge in [-0.2, -0.15) is 0 Å². The number of phenolic OH excluding ortho intramolecular Hbond substituents is 1. The molecule has 0 saturated heterocycles. The minimum absolute atomic E-state index is 0.117. The lowest BCUT2D eigenvalue weighted by molar-refractivity contribution is 0.280. The molecule has 1 aromatic rings. The predicted molar refractivity (Wildman–Crippen MR) is 38.7 cm³/mol. The lowest BCUT2D eigenvalue weighted by atomic mass is 10.1. The Morgan fingerprint density at radius 3 is 2.55 bits per heavy atom. The van der Waals surface area contributed by atoms with Gasteiger partial charge in [-0.15, -0.1) is 0 Å². The molecule has 60 valence electrons. The van der Waals surface area contributed by atoms with E-state index in [1.165, 1.54) is 19.1 Å². The van der Waals surface area contributed by atoms with Crippen molar-refractivity contribution in [2.45, 2.75) is 13.5 Å². The highest BCUT2D eigenvalue weighted by Gasteiger charge is 2.04. The predicted octanol–water partition coefficient (Wildman–Crippen LogP) is 1.33. The minimum atomic E-state index is -0.492. The van der Waals surface area contributed by atoms with Crippen LogP contribution in [0.1, 0.15) is 11.1 Å². The Hall–Kier alpha value is -1.09. The standard InChI is InChI=1S/C8H9FO2/c1-5-7(9)2-6(4-10)3-8(5)11/h2-3,10-11H,4H2,1H3. The number of hydrogen-bond donors (Lipinski definition) is 2. The molecule has 0 aliphatic heterocycles. The van der Waals surface area contributed by atoms with Crippen molar-refractivity contribution in [1.82, 2.24) is 0 Å². The molecule has 1 aromatic carbocycles. The Balaban J connectivity index is 3.21. The average Bonchev–Trinajstić information content (AvgIpc) is 1.99. The van der Waals surface area contributed by atoms with Crippen LogP contribution in [0.25, 0.3) is 0 Å². The molecule has 0 unspecified atom stereocenters. The van der Waals surface area contributed by atoms with Gasteiger partial charge in [-0.25, -0.2) is 4.39 Å². The fourth-order valence-corrected chi connectivity index (χ4v) is 0.810. The zero-order valence-corrected chi connectivity index (χ0v) is 6.13. The molecule has 0 spiro atoms. The monoisotopic (exact) mass is 156 g/mol. The molecular formula is C8H9FO2. The van der Waals surface area contributed by atoms with Gasteiger partial charge in [0.15, 0.2) is 0 Å². The van der Waals surface area contributed by atoms with E-state index in [0.29, 0.717) is 5.56 Å². The Morgan fingerprint density at radius 1 is 1.45 bits per heavy atom. The molecular weight excluding hydrogens is 147 g/mol. The second-order valence-electron chi connectivity index (χ2n) is 2.38. The molecule has 0 aromatic heterocycles. The molecule has 0 amide bonds. The Bertz CT molecular complexity index is 248. The summed E-state index contributed by atoms with van der Waals surface area (Å²) < 4.78 is 12.8. The summed E-state index contributed by atoms with van der Waals surface area (Å²) in [4.78, 5) is 0. The van der Waals surface area contributed by atoms with Gasteiger partial charge in [-0.3, -0.25) is 0 Å². The van der Waals surface area contributed by atoms with E-state index in [0.717, 1.165) is 0 Å². The number of aliphatic hydroxyl groups is 1. The van der Waals surface area contributed by atoms with E-state index >= 15 is 0 Å². The molecule has 0 aliphatic carbocycles. The van der Waals surface area contributed by atoms with E-state index in [-0.39, 0.29) is 17.9 Å². The molecule has 2 N–H and O–H groups in total. The molecule has 2 nitrogen and oxygen atoms in total. The molecule has 3 heteroatoms. The fourth-order valence-electron chi connectivity index (χ4n) is 0.810. The molecule has 0 aliphatic rings. The van der Waals surface area contributed by atoms with Gasteiger partial charge in [-0.05, 0) is 24.6 Å². The molecule has 0 saturated carbocycles. The van der Waals surface area contributed by atoms with Gasteiger partial charge in [0, 0.05) is 5.56 Å². The van der Waals surface area contributed by atoms with Gasteiger partial charge in [0.05, 0.1) is 6.61 Å². The van der Waals surface area contributed by atoms with E-state index in [2.05, 4.69) is 0 Å². The molecule has 0 bridgehead atoms. The number of benzene rings is 1. The maximum atomic E-state index is 12.8. The van der Waals surface area contributed by atoms with E-state index < -0.39 is 5.82 Å². The highest BCUT2D eigenvalue weighted by Crippen LogP contribution is 2.20. The van der Waals surface area contributed by atoms with E-state index in [1.54, 1.807) is 0 Å². The highest BCUT2D eigenvalue weighted by molar-refractivity contribution is 5.36. The Kier molecular flexibility index (Phi) is 2.10. The first-order valence-electron chi connectivity index (χ1n) is 3.24. The molecule has 0 atom stereocenters. The average molecular weight is 156 g/mol. The number of aliphatic hydroxyl groups excluding tert-OH is 1. The third kappa shape index (κ3) is 1.49. The van der Waals surface area contributed by atoms with Crippen LogP contribution >= 0.6 is 0 Å². The Morgan fingerprint density at radius 2 is 2.09 bits per heavy atom. The highest BCUT2D eigenvalue weighted by atomic mass is 19.1. The lowest BCUT2D eigenvalue weighted by Crippen LogP contribution is -1.88. The summed E-state index contributed by atoms with van der Waals surface area (Å²) in [5.41, 5.74) is 0.591. The van der Waals surface area contributed by atoms with Gasteiger partial charge in [0.25, 0.3) is 0 Å². The summed E-state index contributed by atoms with van der Waals surface area (Å²) in [6.45, 7) is 1.22. The number of hydrogen-bond acceptors (Lipinski definition) is 2. The SMILES string of the molecule is Cc1c(O)cc(CO)cc1F. The van der Waals surface area contributed by atoms with Crippen molar-refractivity contribution in [3.8, 4) is 5.75 Å². The summed E-state index contributed by atoms with van der Waals surface area (Å²) in [6, 6.07) is 2.55. The van der Waals surface area contributed by atoms with Crippen molar-refractivity contribution >= 4 is 0 Å². The largest absolute Gasteiger partial charge is 0.508 e. The molecule has 11 heavy (non-hydrogen) atoms. The van der Waals surface area contributed by atoms with Crippen molar-refractivity contribution < 1.29 is 14.6 Å². The van der Waals surface area contributed by atoms with E-state index in [9.17, 15) is 4.39 Å². The quantitative estimate of drug-likeness (QED) is 0.644. The summed E-state index contributed by atoms with van der Waals surface area (Å²) in [7, 11) is 0. The normalized spacial score (nSPS) is 10.1.